The molecule has 1 aromatic rings. The van der Waals surface area contributed by atoms with Gasteiger partial charge in [0.25, 0.3) is 0 Å². The molecule has 0 saturated heterocycles. The summed E-state index contributed by atoms with van der Waals surface area (Å²) in [4.78, 5) is 24.0. The summed E-state index contributed by atoms with van der Waals surface area (Å²) in [5.41, 5.74) is 1.43. The molecule has 0 aromatic heterocycles. The topological polar surface area (TPSA) is 43.4 Å². The minimum absolute atomic E-state index is 0.0917. The highest BCUT2D eigenvalue weighted by molar-refractivity contribution is 6.09. The Morgan fingerprint density at radius 3 is 1.58 bits per heavy atom. The van der Waals surface area contributed by atoms with Gasteiger partial charge in [0, 0.05) is 11.1 Å². The van der Waals surface area contributed by atoms with Crippen LogP contribution in [0.25, 0.3) is 0 Å². The number of ketones is 2. The van der Waals surface area contributed by atoms with Crippen LogP contribution in [0.1, 0.15) is 38.8 Å². The summed E-state index contributed by atoms with van der Waals surface area (Å²) >= 11 is 0. The first-order valence-electron chi connectivity index (χ1n) is 6.39. The van der Waals surface area contributed by atoms with Gasteiger partial charge in [0.1, 0.15) is 11.2 Å². The Morgan fingerprint density at radius 2 is 1.26 bits per heavy atom. The van der Waals surface area contributed by atoms with Crippen molar-refractivity contribution in [2.24, 2.45) is 0 Å². The number of hydrogen-bond donors (Lipinski definition) is 0. The van der Waals surface area contributed by atoms with Crippen molar-refractivity contribution in [2.45, 2.75) is 38.9 Å². The summed E-state index contributed by atoms with van der Waals surface area (Å²) in [5.74, 6) is -0.183. The molecular formula is C16H16O3. The zero-order valence-corrected chi connectivity index (χ0v) is 11.5. The average Bonchev–Trinajstić information content (AvgIpc) is 2.71. The van der Waals surface area contributed by atoms with Crippen molar-refractivity contribution in [1.82, 2.24) is 0 Å². The van der Waals surface area contributed by atoms with Gasteiger partial charge in [0.15, 0.2) is 11.6 Å². The van der Waals surface area contributed by atoms with Crippen LogP contribution in [0.15, 0.2) is 35.4 Å². The van der Waals surface area contributed by atoms with Gasteiger partial charge >= 0.3 is 0 Å². The standard InChI is InChI=1S/C16H16O3/c1-9(17)13-14(10(2)18)16(4)12-8-6-5-7-11(12)15(13,3)19-16/h5-8H,1-4H3. The fourth-order valence-corrected chi connectivity index (χ4v) is 3.71. The molecule has 2 atom stereocenters. The van der Waals surface area contributed by atoms with Crippen LogP contribution in [0.2, 0.25) is 0 Å². The zero-order valence-electron chi connectivity index (χ0n) is 11.5. The highest BCUT2D eigenvalue weighted by Gasteiger charge is 2.61. The van der Waals surface area contributed by atoms with E-state index >= 15 is 0 Å². The number of hydrogen-bond acceptors (Lipinski definition) is 3. The average molecular weight is 256 g/mol. The van der Waals surface area contributed by atoms with E-state index in [9.17, 15) is 9.59 Å². The predicted molar refractivity (Wildman–Crippen MR) is 70.6 cm³/mol. The summed E-state index contributed by atoms with van der Waals surface area (Å²) in [6, 6.07) is 7.81. The van der Waals surface area contributed by atoms with Crippen LogP contribution in [0, 0.1) is 0 Å². The molecule has 2 unspecified atom stereocenters. The Labute approximate surface area is 112 Å². The zero-order chi connectivity index (χ0) is 14.0. The SMILES string of the molecule is CC(=O)C1=C(C(C)=O)C2(C)OC1(C)c1ccccc12. The second-order valence-electron chi connectivity index (χ2n) is 5.58. The molecule has 2 aliphatic rings. The largest absolute Gasteiger partial charge is 0.350 e. The second kappa shape index (κ2) is 3.42. The first-order chi connectivity index (χ1) is 8.82. The highest BCUT2D eigenvalue weighted by Crippen LogP contribution is 2.60. The van der Waals surface area contributed by atoms with E-state index in [1.165, 1.54) is 13.8 Å². The molecule has 2 aliphatic heterocycles. The summed E-state index contributed by atoms with van der Waals surface area (Å²) in [6.07, 6.45) is 0. The lowest BCUT2D eigenvalue weighted by Gasteiger charge is -2.26. The normalized spacial score (nSPS) is 31.6. The Hall–Kier alpha value is -1.74. The fourth-order valence-electron chi connectivity index (χ4n) is 3.71. The third-order valence-electron chi connectivity index (χ3n) is 4.27. The van der Waals surface area contributed by atoms with Gasteiger partial charge in [-0.25, -0.2) is 0 Å². The number of Topliss-reactive ketones (excluding diaryl/α,β-unsaturated/α-hetero) is 2. The van der Waals surface area contributed by atoms with Crippen LogP contribution in [0.4, 0.5) is 0 Å². The number of rotatable bonds is 2. The molecule has 3 rings (SSSR count). The van der Waals surface area contributed by atoms with Crippen molar-refractivity contribution in [2.75, 3.05) is 0 Å². The Balaban J connectivity index is 2.40. The van der Waals surface area contributed by atoms with Gasteiger partial charge in [-0.3, -0.25) is 9.59 Å². The van der Waals surface area contributed by atoms with E-state index in [-0.39, 0.29) is 11.6 Å². The molecule has 19 heavy (non-hydrogen) atoms. The number of benzene rings is 1. The van der Waals surface area contributed by atoms with E-state index in [4.69, 9.17) is 4.74 Å². The van der Waals surface area contributed by atoms with Crippen LogP contribution < -0.4 is 0 Å². The number of fused-ring (bicyclic) bond motifs is 5. The lowest BCUT2D eigenvalue weighted by Crippen LogP contribution is -2.29. The Morgan fingerprint density at radius 1 is 0.895 bits per heavy atom. The molecule has 98 valence electrons. The quantitative estimate of drug-likeness (QED) is 0.817. The molecule has 2 heterocycles. The summed E-state index contributed by atoms with van der Waals surface area (Å²) < 4.78 is 6.15. The third kappa shape index (κ3) is 1.26. The van der Waals surface area contributed by atoms with Crippen LogP contribution in [-0.2, 0) is 25.5 Å². The van der Waals surface area contributed by atoms with Gasteiger partial charge in [-0.1, -0.05) is 24.3 Å². The van der Waals surface area contributed by atoms with Crippen molar-refractivity contribution in [1.29, 1.82) is 0 Å². The van der Waals surface area contributed by atoms with E-state index in [2.05, 4.69) is 0 Å². The van der Waals surface area contributed by atoms with Gasteiger partial charge < -0.3 is 4.74 Å². The summed E-state index contributed by atoms with van der Waals surface area (Å²) in [5, 5.41) is 0. The molecule has 0 N–H and O–H groups in total. The van der Waals surface area contributed by atoms with Gasteiger partial charge in [-0.05, 0) is 38.8 Å². The fraction of sp³-hybridized carbons (Fsp3) is 0.375. The molecule has 3 heteroatoms. The molecule has 1 aromatic carbocycles. The molecule has 3 nitrogen and oxygen atoms in total. The first-order valence-corrected chi connectivity index (χ1v) is 6.39. The molecular weight excluding hydrogens is 240 g/mol. The molecule has 0 radical (unpaired) electrons. The van der Waals surface area contributed by atoms with Crippen molar-refractivity contribution in [3.63, 3.8) is 0 Å². The van der Waals surface area contributed by atoms with Crippen molar-refractivity contribution >= 4 is 11.6 Å². The predicted octanol–water partition coefficient (Wildman–Crippen LogP) is 2.64. The van der Waals surface area contributed by atoms with Gasteiger partial charge in [0.05, 0.1) is 0 Å². The molecule has 0 amide bonds. The van der Waals surface area contributed by atoms with Crippen LogP contribution in [-0.4, -0.2) is 11.6 Å². The minimum atomic E-state index is -0.793. The maximum absolute atomic E-state index is 12.0. The van der Waals surface area contributed by atoms with Crippen molar-refractivity contribution in [3.8, 4) is 0 Å². The van der Waals surface area contributed by atoms with E-state index < -0.39 is 11.2 Å². The van der Waals surface area contributed by atoms with Gasteiger partial charge in [-0.2, -0.15) is 0 Å². The maximum atomic E-state index is 12.0. The third-order valence-corrected chi connectivity index (χ3v) is 4.27. The minimum Gasteiger partial charge on any atom is -0.350 e. The van der Waals surface area contributed by atoms with Crippen molar-refractivity contribution < 1.29 is 14.3 Å². The second-order valence-corrected chi connectivity index (χ2v) is 5.58. The van der Waals surface area contributed by atoms with E-state index in [1.807, 2.05) is 38.1 Å². The number of carbonyl (C=O) groups excluding carboxylic acids is 2. The van der Waals surface area contributed by atoms with E-state index in [0.29, 0.717) is 11.1 Å². The number of carbonyl (C=O) groups is 2. The lowest BCUT2D eigenvalue weighted by molar-refractivity contribution is -0.117. The molecule has 0 saturated carbocycles. The summed E-state index contributed by atoms with van der Waals surface area (Å²) in [6.45, 7) is 6.76. The Kier molecular flexibility index (Phi) is 2.22. The van der Waals surface area contributed by atoms with E-state index in [1.54, 1.807) is 0 Å². The van der Waals surface area contributed by atoms with Gasteiger partial charge in [0.2, 0.25) is 0 Å². The monoisotopic (exact) mass is 256 g/mol. The molecule has 0 fully saturated rings. The van der Waals surface area contributed by atoms with Crippen LogP contribution >= 0.6 is 0 Å². The molecule has 0 spiro atoms. The van der Waals surface area contributed by atoms with Gasteiger partial charge in [-0.15, -0.1) is 0 Å². The smallest absolute Gasteiger partial charge is 0.159 e. The number of ether oxygens (including phenoxy) is 1. The lowest BCUT2D eigenvalue weighted by atomic mass is 9.71. The first kappa shape index (κ1) is 12.3. The maximum Gasteiger partial charge on any atom is 0.159 e. The van der Waals surface area contributed by atoms with E-state index in [0.717, 1.165) is 11.1 Å². The highest BCUT2D eigenvalue weighted by atomic mass is 16.5. The Bertz CT molecular complexity index is 601. The molecule has 2 bridgehead atoms. The summed E-state index contributed by atoms with van der Waals surface area (Å²) in [7, 11) is 0. The van der Waals surface area contributed by atoms with Crippen molar-refractivity contribution in [3.05, 3.63) is 46.5 Å². The molecule has 0 aliphatic carbocycles. The van der Waals surface area contributed by atoms with Crippen LogP contribution in [0.5, 0.6) is 0 Å². The van der Waals surface area contributed by atoms with Crippen LogP contribution in [0.3, 0.4) is 0 Å².